The molecule has 0 aromatic carbocycles. The first kappa shape index (κ1) is 29.8. The van der Waals surface area contributed by atoms with Crippen molar-refractivity contribution >= 4 is 22.0 Å². The highest BCUT2D eigenvalue weighted by molar-refractivity contribution is 7.13. The summed E-state index contributed by atoms with van der Waals surface area (Å²) < 4.78 is 0. The number of aliphatic hydroxyl groups is 1. The van der Waals surface area contributed by atoms with Crippen molar-refractivity contribution in [1.29, 1.82) is 0 Å². The lowest BCUT2D eigenvalue weighted by atomic mass is 9.92. The zero-order chi connectivity index (χ0) is 26.5. The largest absolute Gasteiger partial charge is 0.375 e. The van der Waals surface area contributed by atoms with Gasteiger partial charge in [0.1, 0.15) is 6.23 Å². The summed E-state index contributed by atoms with van der Waals surface area (Å²) in [5.41, 5.74) is 5.89. The topological polar surface area (TPSA) is 48.4 Å². The normalized spacial score (nSPS) is 16.0. The highest BCUT2D eigenvalue weighted by Gasteiger charge is 2.19. The van der Waals surface area contributed by atoms with Crippen molar-refractivity contribution in [2.24, 2.45) is 11.8 Å². The van der Waals surface area contributed by atoms with Crippen LogP contribution in [0.5, 0.6) is 0 Å². The average Bonchev–Trinajstić information content (AvgIpc) is 3.32. The highest BCUT2D eigenvalue weighted by Crippen LogP contribution is 2.33. The van der Waals surface area contributed by atoms with Gasteiger partial charge in [-0.2, -0.15) is 0 Å². The highest BCUT2D eigenvalue weighted by atomic mass is 32.1. The number of anilines is 1. The molecule has 0 saturated heterocycles. The van der Waals surface area contributed by atoms with Crippen LogP contribution < -0.4 is 10.2 Å². The molecule has 1 heterocycles. The van der Waals surface area contributed by atoms with Crippen LogP contribution in [0.25, 0.3) is 5.57 Å². The first-order valence-corrected chi connectivity index (χ1v) is 13.9. The molecular weight excluding hydrogens is 462 g/mol. The van der Waals surface area contributed by atoms with Gasteiger partial charge in [-0.25, -0.2) is 4.98 Å². The summed E-state index contributed by atoms with van der Waals surface area (Å²) in [5.74, 6) is 0.858. The molecule has 1 aliphatic carbocycles. The summed E-state index contributed by atoms with van der Waals surface area (Å²) in [6.45, 7) is 22.8. The van der Waals surface area contributed by atoms with Gasteiger partial charge in [0.15, 0.2) is 5.13 Å². The lowest BCUT2D eigenvalue weighted by Gasteiger charge is -2.25. The van der Waals surface area contributed by atoms with E-state index in [0.717, 1.165) is 61.7 Å². The van der Waals surface area contributed by atoms with Crippen LogP contribution in [-0.2, 0) is 0 Å². The van der Waals surface area contributed by atoms with E-state index >= 15 is 0 Å². The van der Waals surface area contributed by atoms with Gasteiger partial charge in [-0.15, -0.1) is 24.5 Å². The fourth-order valence-electron chi connectivity index (χ4n) is 4.25. The maximum absolute atomic E-state index is 10.4. The maximum Gasteiger partial charge on any atom is 0.186 e. The quantitative estimate of drug-likeness (QED) is 0.138. The van der Waals surface area contributed by atoms with Gasteiger partial charge in [-0.3, -0.25) is 5.32 Å². The summed E-state index contributed by atoms with van der Waals surface area (Å²) in [6.07, 6.45) is 17.4. The van der Waals surface area contributed by atoms with E-state index in [4.69, 9.17) is 4.98 Å². The number of allylic oxidation sites excluding steroid dienone is 8. The number of nitrogens with zero attached hydrogens (tertiary/aromatic N) is 2. The molecule has 0 aliphatic heterocycles. The minimum absolute atomic E-state index is 0.350. The number of thiazole rings is 1. The fraction of sp³-hybridized carbons (Fsp3) is 0.452. The van der Waals surface area contributed by atoms with Gasteiger partial charge < -0.3 is 10.0 Å². The Morgan fingerprint density at radius 1 is 1.25 bits per heavy atom. The third kappa shape index (κ3) is 9.88. The fourth-order valence-corrected chi connectivity index (χ4v) is 5.09. The standard InChI is InChI=1S/C31H45N3OS/c1-8-10-11-12-13-28(25(7)19-23(3)4)29-22-36-31(33-29)34(18-9-2)21-26-14-16-27(17-15-26)30(35)32-20-24(5)6/h8-11,13-14,16,22,24-25,30,32,35H,1-3,12,15,17-21H2,4-7H3/b11-10-,28-13+. The maximum atomic E-state index is 10.4. The van der Waals surface area contributed by atoms with Gasteiger partial charge in [-0.1, -0.05) is 81.0 Å². The van der Waals surface area contributed by atoms with Crippen LogP contribution in [0.3, 0.4) is 0 Å². The van der Waals surface area contributed by atoms with Crippen LogP contribution >= 0.6 is 11.3 Å². The number of rotatable bonds is 16. The molecule has 2 unspecified atom stereocenters. The Hall–Kier alpha value is -2.47. The van der Waals surface area contributed by atoms with Gasteiger partial charge in [-0.05, 0) is 55.6 Å². The van der Waals surface area contributed by atoms with Crippen molar-refractivity contribution in [3.8, 4) is 0 Å². The zero-order valence-corrected chi connectivity index (χ0v) is 23.5. The molecule has 36 heavy (non-hydrogen) atoms. The van der Waals surface area contributed by atoms with Crippen molar-refractivity contribution in [3.05, 3.63) is 90.1 Å². The molecular formula is C31H45N3OS. The molecule has 5 heteroatoms. The second-order valence-electron chi connectivity index (χ2n) is 10.1. The number of hydrogen-bond donors (Lipinski definition) is 2. The van der Waals surface area contributed by atoms with E-state index in [9.17, 15) is 5.11 Å². The van der Waals surface area contributed by atoms with Crippen molar-refractivity contribution in [2.45, 2.75) is 59.6 Å². The van der Waals surface area contributed by atoms with Gasteiger partial charge in [0.05, 0.1) is 5.69 Å². The second kappa shape index (κ2) is 15.6. The molecule has 0 bridgehead atoms. The summed E-state index contributed by atoms with van der Waals surface area (Å²) >= 11 is 1.69. The van der Waals surface area contributed by atoms with Crippen molar-refractivity contribution in [3.63, 3.8) is 0 Å². The van der Waals surface area contributed by atoms with Gasteiger partial charge in [0.25, 0.3) is 0 Å². The van der Waals surface area contributed by atoms with Crippen LogP contribution in [0.4, 0.5) is 5.13 Å². The average molecular weight is 508 g/mol. The molecule has 1 aromatic heterocycles. The lowest BCUT2D eigenvalue weighted by molar-refractivity contribution is 0.163. The molecule has 196 valence electrons. The Kier molecular flexibility index (Phi) is 12.9. The summed E-state index contributed by atoms with van der Waals surface area (Å²) in [5, 5.41) is 16.8. The Labute approximate surface area is 223 Å². The van der Waals surface area contributed by atoms with Crippen molar-refractivity contribution in [2.75, 3.05) is 24.5 Å². The summed E-state index contributed by atoms with van der Waals surface area (Å²) in [4.78, 5) is 7.36. The Balaban J connectivity index is 2.19. The molecule has 0 amide bonds. The zero-order valence-electron chi connectivity index (χ0n) is 22.7. The number of aromatic nitrogens is 1. The second-order valence-corrected chi connectivity index (χ2v) is 10.9. The molecule has 2 N–H and O–H groups in total. The van der Waals surface area contributed by atoms with E-state index in [2.05, 4.69) is 87.3 Å². The summed E-state index contributed by atoms with van der Waals surface area (Å²) in [6, 6.07) is 0. The first-order valence-electron chi connectivity index (χ1n) is 13.0. The molecule has 0 radical (unpaired) electrons. The van der Waals surface area contributed by atoms with Crippen molar-refractivity contribution < 1.29 is 5.11 Å². The van der Waals surface area contributed by atoms with Gasteiger partial charge in [0, 0.05) is 25.0 Å². The monoisotopic (exact) mass is 507 g/mol. The third-order valence-electron chi connectivity index (χ3n) is 6.07. The van der Waals surface area contributed by atoms with E-state index in [1.54, 1.807) is 17.4 Å². The van der Waals surface area contributed by atoms with E-state index < -0.39 is 6.23 Å². The molecule has 4 nitrogen and oxygen atoms in total. The van der Waals surface area contributed by atoms with Gasteiger partial charge in [0.2, 0.25) is 0 Å². The Morgan fingerprint density at radius 2 is 2.03 bits per heavy atom. The smallest absolute Gasteiger partial charge is 0.186 e. The number of hydrogen-bond acceptors (Lipinski definition) is 5. The molecule has 0 saturated carbocycles. The number of aliphatic hydroxyl groups excluding tert-OH is 1. The minimum Gasteiger partial charge on any atom is -0.375 e. The van der Waals surface area contributed by atoms with Crippen LogP contribution in [-0.4, -0.2) is 36.0 Å². The molecule has 1 aromatic rings. The van der Waals surface area contributed by atoms with Crippen LogP contribution in [0.15, 0.2) is 84.4 Å². The minimum atomic E-state index is -0.566. The van der Waals surface area contributed by atoms with Crippen molar-refractivity contribution in [1.82, 2.24) is 10.3 Å². The van der Waals surface area contributed by atoms with E-state index in [-0.39, 0.29) is 0 Å². The predicted molar refractivity (Wildman–Crippen MR) is 159 cm³/mol. The molecule has 0 spiro atoms. The first-order chi connectivity index (χ1) is 17.2. The molecule has 1 aliphatic rings. The molecule has 2 atom stereocenters. The van der Waals surface area contributed by atoms with Gasteiger partial charge >= 0.3 is 0 Å². The third-order valence-corrected chi connectivity index (χ3v) is 6.97. The SMILES string of the molecule is C=C/C=C\C/C=C(/c1csc(N(CC=C)CC2=CC=C(C(O)NCC(C)C)CC2)n1)C(C)CC(=C)C. The predicted octanol–water partition coefficient (Wildman–Crippen LogP) is 7.46. The van der Waals surface area contributed by atoms with Crippen LogP contribution in [0.2, 0.25) is 0 Å². The summed E-state index contributed by atoms with van der Waals surface area (Å²) in [7, 11) is 0. The van der Waals surface area contributed by atoms with E-state index in [0.29, 0.717) is 11.8 Å². The molecule has 2 rings (SSSR count). The van der Waals surface area contributed by atoms with Crippen LogP contribution in [0, 0.1) is 11.8 Å². The Morgan fingerprint density at radius 3 is 2.64 bits per heavy atom. The van der Waals surface area contributed by atoms with E-state index in [1.807, 2.05) is 12.2 Å². The Bertz CT molecular complexity index is 995. The van der Waals surface area contributed by atoms with Crippen LogP contribution in [0.1, 0.15) is 59.1 Å². The number of nitrogens with one attached hydrogen (secondary N) is 1. The lowest BCUT2D eigenvalue weighted by Crippen LogP contribution is -2.34. The molecule has 0 fully saturated rings. The van der Waals surface area contributed by atoms with E-state index in [1.165, 1.54) is 16.7 Å².